The molecule has 6 nitrogen and oxygen atoms in total. The summed E-state index contributed by atoms with van der Waals surface area (Å²) in [5, 5.41) is 11.5. The third-order valence-corrected chi connectivity index (χ3v) is 6.82. The molecule has 2 heterocycles. The normalized spacial score (nSPS) is 11.1. The van der Waals surface area contributed by atoms with Crippen LogP contribution in [0, 0.1) is 0 Å². The van der Waals surface area contributed by atoms with Crippen molar-refractivity contribution in [2.24, 2.45) is 0 Å². The maximum absolute atomic E-state index is 11.9. The molecular formula is C26H21ClN4O2S. The Bertz CT molecular complexity index is 1490. The minimum Gasteiger partial charge on any atom is -0.496 e. The topological polar surface area (TPSA) is 72.8 Å². The van der Waals surface area contributed by atoms with Crippen LogP contribution in [0.25, 0.3) is 28.0 Å². The van der Waals surface area contributed by atoms with Crippen molar-refractivity contribution in [3.05, 3.63) is 89.1 Å². The van der Waals surface area contributed by atoms with Gasteiger partial charge in [-0.15, -0.1) is 10.2 Å². The van der Waals surface area contributed by atoms with Gasteiger partial charge < -0.3 is 9.72 Å². The molecule has 0 atom stereocenters. The van der Waals surface area contributed by atoms with Crippen LogP contribution in [-0.2, 0) is 5.75 Å². The average molecular weight is 489 g/mol. The van der Waals surface area contributed by atoms with E-state index in [0.29, 0.717) is 16.3 Å². The molecule has 0 fully saturated rings. The van der Waals surface area contributed by atoms with Crippen LogP contribution < -0.4 is 4.74 Å². The number of thioether (sulfide) groups is 1. The Labute approximate surface area is 205 Å². The van der Waals surface area contributed by atoms with Crippen LogP contribution in [0.5, 0.6) is 5.75 Å². The number of hydrogen-bond acceptors (Lipinski definition) is 5. The van der Waals surface area contributed by atoms with Crippen LogP contribution in [0.15, 0.2) is 78.1 Å². The van der Waals surface area contributed by atoms with E-state index in [1.807, 2.05) is 65.4 Å². The van der Waals surface area contributed by atoms with Crippen LogP contribution in [0.3, 0.4) is 0 Å². The van der Waals surface area contributed by atoms with Crippen molar-refractivity contribution >= 4 is 40.0 Å². The minimum absolute atomic E-state index is 0.0138. The van der Waals surface area contributed by atoms with Crippen molar-refractivity contribution in [3.63, 3.8) is 0 Å². The molecule has 0 radical (unpaired) electrons. The monoisotopic (exact) mass is 488 g/mol. The molecule has 0 spiro atoms. The lowest BCUT2D eigenvalue weighted by molar-refractivity contribution is 0.101. The fourth-order valence-electron chi connectivity index (χ4n) is 3.87. The predicted octanol–water partition coefficient (Wildman–Crippen LogP) is 6.57. The number of nitrogens with one attached hydrogen (secondary N) is 1. The number of carbonyl (C=O) groups is 1. The molecule has 0 saturated heterocycles. The fraction of sp³-hybridized carbons (Fsp3) is 0.115. The molecule has 34 heavy (non-hydrogen) atoms. The number of nitrogens with zero attached hydrogens (tertiary/aromatic N) is 3. The number of fused-ring (bicyclic) bond motifs is 1. The van der Waals surface area contributed by atoms with Crippen LogP contribution in [0.2, 0.25) is 5.02 Å². The first-order valence-electron chi connectivity index (χ1n) is 10.6. The summed E-state index contributed by atoms with van der Waals surface area (Å²) in [5.41, 5.74) is 4.46. The van der Waals surface area contributed by atoms with Gasteiger partial charge in [-0.2, -0.15) is 0 Å². The number of carbonyl (C=O) groups excluding carboxylic acids is 1. The van der Waals surface area contributed by atoms with Gasteiger partial charge in [0.25, 0.3) is 0 Å². The molecule has 0 aliphatic heterocycles. The van der Waals surface area contributed by atoms with Gasteiger partial charge in [0.15, 0.2) is 16.8 Å². The van der Waals surface area contributed by atoms with Crippen LogP contribution in [-0.4, -0.2) is 32.6 Å². The van der Waals surface area contributed by atoms with Gasteiger partial charge in [0.05, 0.1) is 7.11 Å². The summed E-state index contributed by atoms with van der Waals surface area (Å²) in [6.45, 7) is 1.56. The van der Waals surface area contributed by atoms with Crippen molar-refractivity contribution in [2.75, 3.05) is 7.11 Å². The molecule has 3 aromatic carbocycles. The second-order valence-corrected chi connectivity index (χ2v) is 9.12. The molecular weight excluding hydrogens is 468 g/mol. The fourth-order valence-corrected chi connectivity index (χ4v) is 4.93. The molecule has 2 aromatic heterocycles. The van der Waals surface area contributed by atoms with E-state index in [1.54, 1.807) is 20.1 Å². The number of aromatic nitrogens is 4. The van der Waals surface area contributed by atoms with Gasteiger partial charge in [-0.05, 0) is 55.5 Å². The zero-order valence-corrected chi connectivity index (χ0v) is 20.2. The summed E-state index contributed by atoms with van der Waals surface area (Å²) in [6.07, 6.45) is 1.95. The SMILES string of the molecule is COc1ccc(C(C)=O)cc1CSc1nnc(-c2c[nH]c3ccccc23)n1-c1ccc(Cl)cc1. The Kier molecular flexibility index (Phi) is 6.13. The predicted molar refractivity (Wildman–Crippen MR) is 136 cm³/mol. The van der Waals surface area contributed by atoms with Gasteiger partial charge in [0.2, 0.25) is 0 Å². The quantitative estimate of drug-likeness (QED) is 0.207. The lowest BCUT2D eigenvalue weighted by Crippen LogP contribution is -2.00. The van der Waals surface area contributed by atoms with E-state index in [1.165, 1.54) is 11.8 Å². The van der Waals surface area contributed by atoms with Gasteiger partial charge in [-0.1, -0.05) is 41.6 Å². The number of halogens is 1. The van der Waals surface area contributed by atoms with Crippen molar-refractivity contribution in [2.45, 2.75) is 17.8 Å². The summed E-state index contributed by atoms with van der Waals surface area (Å²) >= 11 is 7.68. The molecule has 170 valence electrons. The van der Waals surface area contributed by atoms with Crippen molar-refractivity contribution in [3.8, 4) is 22.8 Å². The lowest BCUT2D eigenvalue weighted by Gasteiger charge is -2.12. The van der Waals surface area contributed by atoms with Gasteiger partial charge in [-0.25, -0.2) is 0 Å². The Morgan fingerprint density at radius 3 is 2.65 bits per heavy atom. The summed E-state index contributed by atoms with van der Waals surface area (Å²) in [4.78, 5) is 15.2. The molecule has 8 heteroatoms. The highest BCUT2D eigenvalue weighted by Gasteiger charge is 2.20. The number of para-hydroxylation sites is 1. The summed E-state index contributed by atoms with van der Waals surface area (Å²) in [7, 11) is 1.63. The minimum atomic E-state index is 0.0138. The van der Waals surface area contributed by atoms with E-state index in [2.05, 4.69) is 21.2 Å². The summed E-state index contributed by atoms with van der Waals surface area (Å²) in [5.74, 6) is 2.03. The highest BCUT2D eigenvalue weighted by Crippen LogP contribution is 2.35. The zero-order valence-electron chi connectivity index (χ0n) is 18.6. The number of rotatable bonds is 7. The second-order valence-electron chi connectivity index (χ2n) is 7.74. The number of H-pyrrole nitrogens is 1. The third kappa shape index (κ3) is 4.20. The highest BCUT2D eigenvalue weighted by atomic mass is 35.5. The average Bonchev–Trinajstić information content (AvgIpc) is 3.47. The van der Waals surface area contributed by atoms with Gasteiger partial charge >= 0.3 is 0 Å². The number of benzene rings is 3. The highest BCUT2D eigenvalue weighted by molar-refractivity contribution is 7.98. The second kappa shape index (κ2) is 9.37. The Morgan fingerprint density at radius 2 is 1.88 bits per heavy atom. The van der Waals surface area contributed by atoms with Crippen molar-refractivity contribution < 1.29 is 9.53 Å². The smallest absolute Gasteiger partial charge is 0.196 e. The Hall–Kier alpha value is -3.55. The van der Waals surface area contributed by atoms with E-state index in [0.717, 1.165) is 44.4 Å². The summed E-state index contributed by atoms with van der Waals surface area (Å²) in [6, 6.07) is 21.2. The first kappa shape index (κ1) is 22.3. The molecule has 5 aromatic rings. The Morgan fingerprint density at radius 1 is 1.09 bits per heavy atom. The zero-order chi connectivity index (χ0) is 23.7. The standard InChI is InChI=1S/C26H21ClN4O2S/c1-16(32)17-7-12-24(33-2)18(13-17)15-34-26-30-29-25(31(26)20-10-8-19(27)9-11-20)22-14-28-23-6-4-3-5-21(22)23/h3-14,28H,15H2,1-2H3. The van der Waals surface area contributed by atoms with E-state index < -0.39 is 0 Å². The maximum Gasteiger partial charge on any atom is 0.196 e. The number of hydrogen-bond donors (Lipinski definition) is 1. The van der Waals surface area contributed by atoms with E-state index in [-0.39, 0.29) is 5.78 Å². The van der Waals surface area contributed by atoms with Gasteiger partial charge in [0, 0.05) is 50.3 Å². The molecule has 5 rings (SSSR count). The van der Waals surface area contributed by atoms with E-state index in [9.17, 15) is 4.79 Å². The van der Waals surface area contributed by atoms with Crippen LogP contribution in [0.1, 0.15) is 22.8 Å². The van der Waals surface area contributed by atoms with Gasteiger partial charge in [0.1, 0.15) is 5.75 Å². The van der Waals surface area contributed by atoms with Crippen LogP contribution in [0.4, 0.5) is 0 Å². The number of methoxy groups -OCH3 is 1. The summed E-state index contributed by atoms with van der Waals surface area (Å²) < 4.78 is 7.55. The molecule has 0 unspecified atom stereocenters. The Balaban J connectivity index is 1.58. The van der Waals surface area contributed by atoms with Crippen LogP contribution >= 0.6 is 23.4 Å². The molecule has 0 aliphatic rings. The first-order valence-corrected chi connectivity index (χ1v) is 12.0. The van der Waals surface area contributed by atoms with Gasteiger partial charge in [-0.3, -0.25) is 9.36 Å². The first-order chi connectivity index (χ1) is 16.5. The molecule has 0 saturated carbocycles. The molecule has 0 aliphatic carbocycles. The largest absolute Gasteiger partial charge is 0.496 e. The van der Waals surface area contributed by atoms with Crippen molar-refractivity contribution in [1.29, 1.82) is 0 Å². The number of Topliss-reactive ketones (excluding diaryl/α,β-unsaturated/α-hetero) is 1. The third-order valence-electron chi connectivity index (χ3n) is 5.59. The molecule has 0 amide bonds. The van der Waals surface area contributed by atoms with Crippen molar-refractivity contribution in [1.82, 2.24) is 19.7 Å². The number of ether oxygens (including phenoxy) is 1. The molecule has 0 bridgehead atoms. The number of aromatic amines is 1. The number of ketones is 1. The lowest BCUT2D eigenvalue weighted by atomic mass is 10.1. The maximum atomic E-state index is 11.9. The van der Waals surface area contributed by atoms with E-state index >= 15 is 0 Å². The van der Waals surface area contributed by atoms with E-state index in [4.69, 9.17) is 16.3 Å². The molecule has 1 N–H and O–H groups in total.